The highest BCUT2D eigenvalue weighted by molar-refractivity contribution is 6.32. The summed E-state index contributed by atoms with van der Waals surface area (Å²) >= 11 is 0. The van der Waals surface area contributed by atoms with E-state index in [1.807, 2.05) is 54.6 Å². The smallest absolute Gasteiger partial charge is 0.0960 e. The van der Waals surface area contributed by atoms with Gasteiger partial charge in [-0.1, -0.05) is 121 Å². The third kappa shape index (κ3) is 5.09. The van der Waals surface area contributed by atoms with Crippen LogP contribution in [0.3, 0.4) is 0 Å². The molecule has 5 aromatic rings. The van der Waals surface area contributed by atoms with Gasteiger partial charge in [0.2, 0.25) is 0 Å². The first-order chi connectivity index (χ1) is 24.2. The topological polar surface area (TPSA) is 76.4 Å². The molecule has 0 fully saturated rings. The zero-order valence-corrected chi connectivity index (χ0v) is 26.6. The summed E-state index contributed by atoms with van der Waals surface area (Å²) in [6.45, 7) is 0. The van der Waals surface area contributed by atoms with Crippen molar-refractivity contribution in [2.24, 2.45) is 9.98 Å². The second-order valence-corrected chi connectivity index (χ2v) is 12.3. The second kappa shape index (κ2) is 11.9. The number of benzene rings is 4. The lowest BCUT2D eigenvalue weighted by atomic mass is 9.94. The summed E-state index contributed by atoms with van der Waals surface area (Å²) in [7, 11) is 0. The van der Waals surface area contributed by atoms with Gasteiger partial charge in [-0.05, 0) is 64.8 Å². The van der Waals surface area contributed by atoms with E-state index in [2.05, 4.69) is 120 Å². The normalized spacial score (nSPS) is 23.3. The molecule has 4 aromatic carbocycles. The maximum atomic E-state index is 9.35. The summed E-state index contributed by atoms with van der Waals surface area (Å²) in [6, 6.07) is 45.3. The Morgan fingerprint density at radius 3 is 1.45 bits per heavy atom. The van der Waals surface area contributed by atoms with Crippen molar-refractivity contribution >= 4 is 39.4 Å². The molecule has 4 aliphatic heterocycles. The molecule has 0 radical (unpaired) electrons. The van der Waals surface area contributed by atoms with E-state index in [0.29, 0.717) is 5.71 Å². The lowest BCUT2D eigenvalue weighted by Gasteiger charge is -2.21. The molecule has 4 aliphatic rings. The van der Waals surface area contributed by atoms with Crippen molar-refractivity contribution in [1.82, 2.24) is 10.3 Å². The minimum absolute atomic E-state index is 0.412. The molecule has 5 heteroatoms. The molecule has 5 heterocycles. The number of hydrogen-bond acceptors (Lipinski definition) is 4. The van der Waals surface area contributed by atoms with Gasteiger partial charge in [0.25, 0.3) is 0 Å². The molecule has 0 saturated heterocycles. The molecule has 3 N–H and O–H groups in total. The highest BCUT2D eigenvalue weighted by atomic mass is 15.0. The van der Waals surface area contributed by atoms with Crippen LogP contribution in [-0.2, 0) is 0 Å². The van der Waals surface area contributed by atoms with Crippen LogP contribution in [0.25, 0.3) is 22.3 Å². The van der Waals surface area contributed by atoms with Gasteiger partial charge in [0, 0.05) is 38.7 Å². The first-order valence-corrected chi connectivity index (χ1v) is 16.5. The van der Waals surface area contributed by atoms with Crippen LogP contribution in [0.1, 0.15) is 22.3 Å². The molecule has 0 aliphatic carbocycles. The number of hydrogen-bond donors (Lipinski definition) is 3. The number of fused-ring (bicyclic) bond motifs is 6. The standard InChI is InChI=1S/C44H31N5/c45-32-27-39-42(30-17-9-3-10-18-30)37-24-23-35(47-37)40(28-13-5-1-6-14-28)33-21-22-34(46-33)41(29-15-7-2-8-16-29)36-25-26-38(48-36)43(44(32)49-39)31-19-11-4-12-20-31/h1-27,44-46,49H/b40-33-,41-34-,42-37-,43-38-,45-32?. The third-order valence-electron chi connectivity index (χ3n) is 9.29. The first kappa shape index (κ1) is 28.6. The summed E-state index contributed by atoms with van der Waals surface area (Å²) in [4.78, 5) is 14.4. The van der Waals surface area contributed by atoms with E-state index in [-0.39, 0.29) is 0 Å². The fourth-order valence-electron chi connectivity index (χ4n) is 7.08. The van der Waals surface area contributed by atoms with E-state index in [4.69, 9.17) is 9.98 Å². The predicted molar refractivity (Wildman–Crippen MR) is 201 cm³/mol. The fraction of sp³-hybridized carbons (Fsp3) is 0.0227. The third-order valence-corrected chi connectivity index (χ3v) is 9.29. The average molecular weight is 630 g/mol. The molecular formula is C44H31N5. The molecular weight excluding hydrogens is 599 g/mol. The van der Waals surface area contributed by atoms with Crippen molar-refractivity contribution in [2.75, 3.05) is 0 Å². The van der Waals surface area contributed by atoms with E-state index in [1.165, 1.54) is 0 Å². The molecule has 1 unspecified atom stereocenters. The van der Waals surface area contributed by atoms with Gasteiger partial charge < -0.3 is 15.7 Å². The van der Waals surface area contributed by atoms with E-state index in [0.717, 1.165) is 83.8 Å². The van der Waals surface area contributed by atoms with E-state index in [9.17, 15) is 5.41 Å². The van der Waals surface area contributed by atoms with E-state index in [1.54, 1.807) is 0 Å². The summed E-state index contributed by atoms with van der Waals surface area (Å²) in [5.41, 5.74) is 12.8. The molecule has 5 nitrogen and oxygen atoms in total. The largest absolute Gasteiger partial charge is 0.372 e. The van der Waals surface area contributed by atoms with Crippen molar-refractivity contribution in [2.45, 2.75) is 6.04 Å². The maximum Gasteiger partial charge on any atom is 0.0960 e. The second-order valence-electron chi connectivity index (χ2n) is 12.3. The maximum absolute atomic E-state index is 9.35. The summed E-state index contributed by atoms with van der Waals surface area (Å²) in [5.74, 6) is 0. The van der Waals surface area contributed by atoms with Crippen LogP contribution in [0.4, 0.5) is 0 Å². The Balaban J connectivity index is 1.40. The number of aliphatic imine (C=N–C) groups is 2. The van der Waals surface area contributed by atoms with Crippen molar-refractivity contribution in [1.29, 1.82) is 5.41 Å². The van der Waals surface area contributed by atoms with Crippen molar-refractivity contribution < 1.29 is 0 Å². The monoisotopic (exact) mass is 629 g/mol. The first-order valence-electron chi connectivity index (χ1n) is 16.5. The molecule has 232 valence electrons. The number of nitrogens with one attached hydrogen (secondary N) is 3. The molecule has 0 saturated carbocycles. The molecule has 9 rings (SSSR count). The van der Waals surface area contributed by atoms with Crippen LogP contribution in [0, 0.1) is 5.41 Å². The van der Waals surface area contributed by atoms with Crippen LogP contribution in [0.15, 0.2) is 191 Å². The minimum Gasteiger partial charge on any atom is -0.372 e. The van der Waals surface area contributed by atoms with Gasteiger partial charge in [0.15, 0.2) is 0 Å². The molecule has 49 heavy (non-hydrogen) atoms. The Bertz CT molecular complexity index is 2490. The van der Waals surface area contributed by atoms with Gasteiger partial charge in [0.05, 0.1) is 34.6 Å². The lowest BCUT2D eigenvalue weighted by molar-refractivity contribution is 0.882. The Labute approximate surface area is 284 Å². The van der Waals surface area contributed by atoms with Crippen molar-refractivity contribution in [3.63, 3.8) is 0 Å². The number of aromatic amines is 1. The van der Waals surface area contributed by atoms with E-state index < -0.39 is 6.04 Å². The number of H-pyrrole nitrogens is 1. The summed E-state index contributed by atoms with van der Waals surface area (Å²) in [5, 5.41) is 15.1. The minimum atomic E-state index is -0.412. The Hall–Kier alpha value is -6.59. The quantitative estimate of drug-likeness (QED) is 0.194. The van der Waals surface area contributed by atoms with E-state index >= 15 is 0 Å². The van der Waals surface area contributed by atoms with Crippen LogP contribution in [0.5, 0.6) is 0 Å². The Morgan fingerprint density at radius 1 is 0.469 bits per heavy atom. The van der Waals surface area contributed by atoms with Crippen LogP contribution >= 0.6 is 0 Å². The fourth-order valence-corrected chi connectivity index (χ4v) is 7.08. The number of allylic oxidation sites excluding steroid dienone is 5. The number of rotatable bonds is 4. The SMILES string of the molecule is N=C1C=C2NC1/C(c1ccccc1)=C1/C=CC(=N1)/C(c1ccccc1)=c1/cc/c([nH]1)=C(\c1ccccc1)C1=N/C(=C\2c2ccccc2)C=C1. The summed E-state index contributed by atoms with van der Waals surface area (Å²) < 4.78 is 0. The van der Waals surface area contributed by atoms with Crippen molar-refractivity contribution in [3.05, 3.63) is 214 Å². The van der Waals surface area contributed by atoms with Crippen LogP contribution < -0.4 is 16.0 Å². The molecule has 1 atom stereocenters. The Kier molecular flexibility index (Phi) is 6.95. The molecule has 0 spiro atoms. The number of aromatic nitrogens is 1. The van der Waals surface area contributed by atoms with Crippen LogP contribution in [-0.4, -0.2) is 28.2 Å². The molecule has 8 bridgehead atoms. The van der Waals surface area contributed by atoms with Gasteiger partial charge in [-0.3, -0.25) is 0 Å². The molecule has 0 amide bonds. The average Bonchev–Trinajstić information content (AvgIpc) is 3.98. The van der Waals surface area contributed by atoms with Gasteiger partial charge >= 0.3 is 0 Å². The summed E-state index contributed by atoms with van der Waals surface area (Å²) in [6.07, 6.45) is 10.3. The van der Waals surface area contributed by atoms with Gasteiger partial charge in [-0.15, -0.1) is 0 Å². The van der Waals surface area contributed by atoms with Gasteiger partial charge in [-0.25, -0.2) is 9.98 Å². The van der Waals surface area contributed by atoms with Crippen molar-refractivity contribution in [3.8, 4) is 0 Å². The highest BCUT2D eigenvalue weighted by Gasteiger charge is 2.32. The zero-order chi connectivity index (χ0) is 32.7. The Morgan fingerprint density at radius 2 is 0.918 bits per heavy atom. The van der Waals surface area contributed by atoms with Gasteiger partial charge in [0.1, 0.15) is 0 Å². The lowest BCUT2D eigenvalue weighted by Crippen LogP contribution is -2.31. The predicted octanol–water partition coefficient (Wildman–Crippen LogP) is 7.15. The molecule has 1 aromatic heterocycles. The highest BCUT2D eigenvalue weighted by Crippen LogP contribution is 2.37. The number of nitrogens with zero attached hydrogens (tertiary/aromatic N) is 2. The zero-order valence-electron chi connectivity index (χ0n) is 26.6. The van der Waals surface area contributed by atoms with Gasteiger partial charge in [-0.2, -0.15) is 0 Å². The van der Waals surface area contributed by atoms with Crippen LogP contribution in [0.2, 0.25) is 0 Å².